The first-order valence-electron chi connectivity index (χ1n) is 38.1. The molecule has 1 aromatic rings. The Morgan fingerprint density at radius 3 is 1.73 bits per heavy atom. The highest BCUT2D eigenvalue weighted by atomic mass is 16.8. The van der Waals surface area contributed by atoms with Crippen LogP contribution in [0, 0.1) is 50.2 Å². The first kappa shape index (κ1) is 85.9. The number of aliphatic carboxylic acids is 1. The van der Waals surface area contributed by atoms with Crippen LogP contribution in [0.15, 0.2) is 35.9 Å². The third-order valence-corrected chi connectivity index (χ3v) is 26.9. The fraction of sp³-hybridized carbons (Fsp3) is 0.827. The number of hydrogen-bond donors (Lipinski definition) is 18. The number of esters is 2. The number of ether oxygens (including phenoxy) is 15. The van der Waals surface area contributed by atoms with Crippen molar-refractivity contribution in [2.24, 2.45) is 50.2 Å². The van der Waals surface area contributed by atoms with Crippen molar-refractivity contribution >= 4 is 24.0 Å². The average molecular weight is 1590 g/mol. The third-order valence-electron chi connectivity index (χ3n) is 26.9. The summed E-state index contributed by atoms with van der Waals surface area (Å²) in [5, 5.41) is 201. The molecule has 1 aromatic carbocycles. The van der Waals surface area contributed by atoms with Crippen molar-refractivity contribution < 1.29 is 177 Å². The molecular formula is C75H112O36. The fourth-order valence-corrected chi connectivity index (χ4v) is 20.5. The van der Waals surface area contributed by atoms with E-state index in [0.29, 0.717) is 42.7 Å². The van der Waals surface area contributed by atoms with Gasteiger partial charge in [-0.2, -0.15) is 0 Å². The van der Waals surface area contributed by atoms with Crippen molar-refractivity contribution in [2.45, 2.75) is 290 Å². The maximum atomic E-state index is 16.1. The summed E-state index contributed by atoms with van der Waals surface area (Å²) in [5.74, 6) is -4.08. The van der Waals surface area contributed by atoms with Crippen molar-refractivity contribution in [1.82, 2.24) is 0 Å². The van der Waals surface area contributed by atoms with E-state index in [1.54, 1.807) is 18.2 Å². The van der Waals surface area contributed by atoms with E-state index in [-0.39, 0.29) is 32.1 Å². The lowest BCUT2D eigenvalue weighted by Gasteiger charge is -2.71. The van der Waals surface area contributed by atoms with Crippen LogP contribution in [0.1, 0.15) is 112 Å². The number of aliphatic hydroxyl groups is 17. The Balaban J connectivity index is 0.811. The van der Waals surface area contributed by atoms with Gasteiger partial charge in [0, 0.05) is 11.5 Å². The van der Waals surface area contributed by atoms with Gasteiger partial charge in [0.15, 0.2) is 55.2 Å². The predicted octanol–water partition coefficient (Wildman–Crippen LogP) is -3.76. The van der Waals surface area contributed by atoms with E-state index in [4.69, 9.17) is 71.1 Å². The minimum Gasteiger partial charge on any atom is -0.493 e. The Morgan fingerprint density at radius 1 is 0.532 bits per heavy atom. The molecule has 0 aromatic heterocycles. The maximum Gasteiger partial charge on any atom is 0.331 e. The van der Waals surface area contributed by atoms with Crippen molar-refractivity contribution in [3.05, 3.63) is 41.5 Å². The van der Waals surface area contributed by atoms with Crippen molar-refractivity contribution in [3.63, 3.8) is 0 Å². The van der Waals surface area contributed by atoms with Gasteiger partial charge in [-0.15, -0.1) is 0 Å². The van der Waals surface area contributed by atoms with Crippen LogP contribution in [0.2, 0.25) is 0 Å². The first-order chi connectivity index (χ1) is 52.3. The molecule has 5 aliphatic carbocycles. The molecule has 0 amide bonds. The lowest BCUT2D eigenvalue weighted by atomic mass is 9.33. The Kier molecular flexibility index (Phi) is 25.7. The fourth-order valence-electron chi connectivity index (χ4n) is 20.5. The molecular weight excluding hydrogens is 1480 g/mol. The van der Waals surface area contributed by atoms with Crippen molar-refractivity contribution in [1.29, 1.82) is 0 Å². The molecule has 0 unspecified atom stereocenters. The summed E-state index contributed by atoms with van der Waals surface area (Å²) in [5.41, 5.74) is -5.24. The number of carboxylic acid groups (broad SMARTS) is 1. The summed E-state index contributed by atoms with van der Waals surface area (Å²) >= 11 is 0. The third kappa shape index (κ3) is 15.2. The van der Waals surface area contributed by atoms with Crippen molar-refractivity contribution in [2.75, 3.05) is 47.3 Å². The van der Waals surface area contributed by atoms with Gasteiger partial charge in [-0.1, -0.05) is 45.4 Å². The highest BCUT2D eigenvalue weighted by Gasteiger charge is 2.74. The second-order valence-electron chi connectivity index (χ2n) is 33.7. The number of methoxy groups -OCH3 is 2. The number of aliphatic hydroxyl groups excluding tert-OH is 17. The average Bonchev–Trinajstić information content (AvgIpc) is 0.668. The topological polar surface area (TPSA) is 554 Å². The van der Waals surface area contributed by atoms with Gasteiger partial charge in [0.2, 0.25) is 6.29 Å². The molecule has 10 fully saturated rings. The lowest BCUT2D eigenvalue weighted by Crippen LogP contribution is -2.71. The summed E-state index contributed by atoms with van der Waals surface area (Å²) in [7, 11) is 2.89. The zero-order valence-corrected chi connectivity index (χ0v) is 63.3. The van der Waals surface area contributed by atoms with E-state index in [1.807, 2.05) is 13.0 Å². The van der Waals surface area contributed by atoms with Crippen molar-refractivity contribution in [3.8, 4) is 11.5 Å². The standard InChI is InChI=1S/C75H112O36/c1-30-57(107-63-56(93)59(108-62-51(88)45(82)36(80)27-99-62)41(28-100-63)105-65-52(89)48(85)46(83)39(25-76)103-65)50(87)54(91)64(101-30)109-60-55(92)58(106-44(81)15-11-32-10-13-37(97-8)38(22-32)98-9)31(2)102-67(60)111-69(96)74-19-18-70(3,4)23-34(74)33-12-14-42-71(5)24-35(79)61(110-66-53(90)49(86)47(84)40(26-77)104-66)73(7,68(94)95)43(71)16-17-72(42,6)75(33,29-78)21-20-74/h10-13,15,22,30-31,34-36,39-43,45-67,76-80,82-93H,14,16-21,23-29H2,1-9H3,(H,94,95)/t30-,31+,34-,35-,36-,39+,40+,41+,42+,43+,45-,46-,47+,48-,49-,50-,51+,52+,53+,54+,55-,56+,57-,58-,59-,60+,61-,62-,63-,64-,65-,66-,67-,71+,72+,73-,74-,75-/m0/s1. The summed E-state index contributed by atoms with van der Waals surface area (Å²) in [6.45, 7) is 9.24. The summed E-state index contributed by atoms with van der Waals surface area (Å²) < 4.78 is 89.3. The Labute approximate surface area is 640 Å². The van der Waals surface area contributed by atoms with Crippen LogP contribution in [0.25, 0.3) is 6.08 Å². The SMILES string of the molecule is COc1ccc(C=CC(=O)O[C@@H]2[C@H](O)[C@@H](O[C@@H]3O[C@@H](C)[C@H](O[C@@H]4OC[C@@H](O[C@@H]5O[C@H](CO)[C@H](O)[C@H](O)[C@H]5O)[C@H](O[C@@H]5OC[C@H](O)[C@H](O)[C@H]5O)[C@H]4O)[C@@H](O)[C@H]3O)[C@H](OC(=O)[C@]34CCC(C)(C)C[C@H]3C3=CC[C@@H]5[C@@]6(C)C[C@H](O)[C@H](O[C@@H]7O[C@H](CO)[C@@H](O)[C@H](O)[C@H]7O)[C@@](C)(C(=O)O)[C@@H]6CC[C@@]5(C)[C@]3(CO)CC4)O[C@@H]2C)cc1OC. The second-order valence-corrected chi connectivity index (χ2v) is 33.7. The van der Waals surface area contributed by atoms with Crippen LogP contribution >= 0.6 is 0 Å². The molecule has 0 radical (unpaired) electrons. The van der Waals surface area contributed by atoms with E-state index in [0.717, 1.165) is 11.6 Å². The van der Waals surface area contributed by atoms with Crippen LogP contribution < -0.4 is 9.47 Å². The van der Waals surface area contributed by atoms with Crippen LogP contribution in [0.3, 0.4) is 0 Å². The zero-order chi connectivity index (χ0) is 80.8. The highest BCUT2D eigenvalue weighted by molar-refractivity contribution is 5.87. The summed E-state index contributed by atoms with van der Waals surface area (Å²) in [4.78, 5) is 43.9. The minimum absolute atomic E-state index is 0.0141. The molecule has 0 bridgehead atoms. The molecule has 6 heterocycles. The molecule has 36 nitrogen and oxygen atoms in total. The molecule has 6 aliphatic heterocycles. The Morgan fingerprint density at radius 2 is 1.10 bits per heavy atom. The maximum absolute atomic E-state index is 16.1. The number of carbonyl (C=O) groups is 3. The first-order valence-corrected chi connectivity index (χ1v) is 38.1. The van der Waals surface area contributed by atoms with Gasteiger partial charge in [-0.05, 0) is 136 Å². The molecule has 6 saturated heterocycles. The number of carbonyl (C=O) groups excluding carboxylic acids is 2. The number of benzene rings is 1. The quantitative estimate of drug-likeness (QED) is 0.0243. The lowest BCUT2D eigenvalue weighted by molar-refractivity contribution is -0.388. The highest BCUT2D eigenvalue weighted by Crippen LogP contribution is 2.76. The molecule has 18 N–H and O–H groups in total. The predicted molar refractivity (Wildman–Crippen MR) is 370 cm³/mol. The second kappa shape index (κ2) is 33.2. The largest absolute Gasteiger partial charge is 0.493 e. The molecule has 12 rings (SSSR count). The molecule has 0 spiro atoms. The monoisotopic (exact) mass is 1590 g/mol. The number of carboxylic acids is 1. The Bertz CT molecular complexity index is 3470. The molecule has 111 heavy (non-hydrogen) atoms. The van der Waals surface area contributed by atoms with Gasteiger partial charge in [0.25, 0.3) is 0 Å². The van der Waals surface area contributed by atoms with E-state index in [2.05, 4.69) is 20.8 Å². The van der Waals surface area contributed by atoms with Gasteiger partial charge in [0.05, 0.1) is 76.4 Å². The smallest absolute Gasteiger partial charge is 0.331 e. The van der Waals surface area contributed by atoms with Crippen LogP contribution in [-0.2, 0) is 76.0 Å². The number of rotatable bonds is 21. The van der Waals surface area contributed by atoms with Crippen LogP contribution in [0.4, 0.5) is 0 Å². The molecule has 36 heteroatoms. The van der Waals surface area contributed by atoms with Gasteiger partial charge in [0.1, 0.15) is 116 Å². The van der Waals surface area contributed by atoms with E-state index in [9.17, 15) is 102 Å². The molecule has 4 saturated carbocycles. The summed E-state index contributed by atoms with van der Waals surface area (Å²) in [6, 6.07) is 4.85. The van der Waals surface area contributed by atoms with Gasteiger partial charge >= 0.3 is 17.9 Å². The van der Waals surface area contributed by atoms with Crippen LogP contribution in [0.5, 0.6) is 11.5 Å². The molecule has 38 atom stereocenters. The normalized spacial score (nSPS) is 49.2. The van der Waals surface area contributed by atoms with E-state index < -0.39 is 285 Å². The molecule has 628 valence electrons. The van der Waals surface area contributed by atoms with E-state index in [1.165, 1.54) is 41.1 Å². The Hall–Kier alpha value is -4.41. The summed E-state index contributed by atoms with van der Waals surface area (Å²) in [6.07, 6.45) is -46.0. The minimum atomic E-state index is -2.16. The number of hydrogen-bond acceptors (Lipinski definition) is 35. The van der Waals surface area contributed by atoms with Gasteiger partial charge < -0.3 is 163 Å². The number of allylic oxidation sites excluding steroid dienone is 1. The van der Waals surface area contributed by atoms with Crippen LogP contribution in [-0.4, -0.2) is 341 Å². The van der Waals surface area contributed by atoms with Gasteiger partial charge in [-0.3, -0.25) is 9.59 Å². The van der Waals surface area contributed by atoms with E-state index >= 15 is 4.79 Å². The zero-order valence-electron chi connectivity index (χ0n) is 63.3. The molecule has 11 aliphatic rings. The van der Waals surface area contributed by atoms with Gasteiger partial charge in [-0.25, -0.2) is 4.79 Å². The number of fused-ring (bicyclic) bond motifs is 7.